The molecular formula is C16H16N2O3S2. The van der Waals surface area contributed by atoms with Crippen LogP contribution in [0.15, 0.2) is 57.2 Å². The summed E-state index contributed by atoms with van der Waals surface area (Å²) in [6.45, 7) is 1.96. The number of thiophene rings is 1. The molecule has 0 radical (unpaired) electrons. The predicted molar refractivity (Wildman–Crippen MR) is 89.6 cm³/mol. The van der Waals surface area contributed by atoms with E-state index in [9.17, 15) is 8.42 Å². The van der Waals surface area contributed by atoms with Gasteiger partial charge in [0.1, 0.15) is 5.76 Å². The largest absolute Gasteiger partial charge is 0.440 e. The van der Waals surface area contributed by atoms with Gasteiger partial charge in [0.2, 0.25) is 15.9 Å². The van der Waals surface area contributed by atoms with Crippen molar-refractivity contribution in [1.29, 1.82) is 0 Å². The molecule has 0 N–H and O–H groups in total. The highest BCUT2D eigenvalue weighted by molar-refractivity contribution is 7.89. The Hall–Kier alpha value is -1.96. The quantitative estimate of drug-likeness (QED) is 0.707. The fourth-order valence-electron chi connectivity index (χ4n) is 2.15. The molecule has 120 valence electrons. The van der Waals surface area contributed by atoms with Crippen LogP contribution in [0.1, 0.15) is 11.5 Å². The topological polar surface area (TPSA) is 63.4 Å². The first-order valence-corrected chi connectivity index (χ1v) is 9.32. The molecule has 0 bridgehead atoms. The summed E-state index contributed by atoms with van der Waals surface area (Å²) in [5.41, 5.74) is 0.621. The molecule has 0 atom stereocenters. The van der Waals surface area contributed by atoms with Crippen molar-refractivity contribution in [3.05, 3.63) is 59.3 Å². The maximum absolute atomic E-state index is 12.6. The van der Waals surface area contributed by atoms with Gasteiger partial charge in [-0.3, -0.25) is 0 Å². The van der Waals surface area contributed by atoms with Gasteiger partial charge in [-0.05, 0) is 30.5 Å². The number of aryl methyl sites for hydroxylation is 1. The first-order chi connectivity index (χ1) is 11.0. The van der Waals surface area contributed by atoms with Crippen molar-refractivity contribution in [2.24, 2.45) is 0 Å². The van der Waals surface area contributed by atoms with Gasteiger partial charge in [-0.25, -0.2) is 13.4 Å². The summed E-state index contributed by atoms with van der Waals surface area (Å²) in [4.78, 5) is 5.63. The average Bonchev–Trinajstić information content (AvgIpc) is 3.18. The van der Waals surface area contributed by atoms with Crippen LogP contribution in [0.5, 0.6) is 0 Å². The van der Waals surface area contributed by atoms with Crippen molar-refractivity contribution in [1.82, 2.24) is 9.29 Å². The molecule has 0 spiro atoms. The van der Waals surface area contributed by atoms with Crippen LogP contribution in [0.25, 0.3) is 10.8 Å². The molecule has 23 heavy (non-hydrogen) atoms. The van der Waals surface area contributed by atoms with Gasteiger partial charge in [-0.15, -0.1) is 11.3 Å². The lowest BCUT2D eigenvalue weighted by atomic mass is 10.4. The Morgan fingerprint density at radius 3 is 2.57 bits per heavy atom. The molecule has 0 amide bonds. The van der Waals surface area contributed by atoms with Crippen LogP contribution in [-0.4, -0.2) is 24.8 Å². The molecule has 2 aromatic heterocycles. The van der Waals surface area contributed by atoms with Crippen LogP contribution in [0.2, 0.25) is 0 Å². The Bertz CT molecular complexity index is 885. The highest BCUT2D eigenvalue weighted by atomic mass is 32.2. The number of rotatable bonds is 5. The van der Waals surface area contributed by atoms with Crippen molar-refractivity contribution in [2.75, 3.05) is 7.05 Å². The lowest BCUT2D eigenvalue weighted by Gasteiger charge is -2.16. The summed E-state index contributed by atoms with van der Waals surface area (Å²) >= 11 is 1.53. The molecule has 3 rings (SSSR count). The van der Waals surface area contributed by atoms with Crippen molar-refractivity contribution < 1.29 is 12.8 Å². The van der Waals surface area contributed by atoms with E-state index in [2.05, 4.69) is 4.98 Å². The van der Waals surface area contributed by atoms with Crippen LogP contribution in [-0.2, 0) is 16.6 Å². The van der Waals surface area contributed by atoms with Gasteiger partial charge in [0.25, 0.3) is 0 Å². The van der Waals surface area contributed by atoms with E-state index in [1.807, 2.05) is 17.5 Å². The Morgan fingerprint density at radius 1 is 1.17 bits per heavy atom. The van der Waals surface area contributed by atoms with E-state index in [1.54, 1.807) is 44.3 Å². The van der Waals surface area contributed by atoms with Gasteiger partial charge < -0.3 is 4.42 Å². The monoisotopic (exact) mass is 348 g/mol. The highest BCUT2D eigenvalue weighted by Crippen LogP contribution is 2.27. The highest BCUT2D eigenvalue weighted by Gasteiger charge is 2.23. The third-order valence-corrected chi connectivity index (χ3v) is 6.12. The van der Waals surface area contributed by atoms with Gasteiger partial charge in [0, 0.05) is 7.05 Å². The van der Waals surface area contributed by atoms with E-state index in [0.29, 0.717) is 17.3 Å². The van der Waals surface area contributed by atoms with E-state index in [0.717, 1.165) is 4.88 Å². The molecular weight excluding hydrogens is 332 g/mol. The summed E-state index contributed by atoms with van der Waals surface area (Å²) in [7, 11) is -2.00. The van der Waals surface area contributed by atoms with E-state index >= 15 is 0 Å². The minimum Gasteiger partial charge on any atom is -0.440 e. The molecule has 0 unspecified atom stereocenters. The van der Waals surface area contributed by atoms with Crippen LogP contribution < -0.4 is 0 Å². The van der Waals surface area contributed by atoms with Crippen LogP contribution >= 0.6 is 11.3 Å². The Balaban J connectivity index is 1.85. The van der Waals surface area contributed by atoms with Crippen molar-refractivity contribution >= 4 is 21.4 Å². The molecule has 5 nitrogen and oxygen atoms in total. The Kier molecular flexibility index (Phi) is 4.34. The predicted octanol–water partition coefficient (Wildman–Crippen LogP) is 3.53. The standard InChI is InChI=1S/C16H16N2O3S2/c1-12-14(17-16(21-12)15-9-6-10-22-15)11-18(2)23(19,20)13-7-4-3-5-8-13/h3-10H,11H2,1-2H3. The number of nitrogens with zero attached hydrogens (tertiary/aromatic N) is 2. The molecule has 0 aliphatic rings. The van der Waals surface area contributed by atoms with Crippen molar-refractivity contribution in [3.63, 3.8) is 0 Å². The van der Waals surface area contributed by atoms with Gasteiger partial charge in [0.15, 0.2) is 0 Å². The van der Waals surface area contributed by atoms with Crippen LogP contribution in [0.4, 0.5) is 0 Å². The maximum Gasteiger partial charge on any atom is 0.243 e. The molecule has 0 saturated carbocycles. The van der Waals surface area contributed by atoms with Gasteiger partial charge in [-0.1, -0.05) is 24.3 Å². The van der Waals surface area contributed by atoms with Crippen molar-refractivity contribution in [3.8, 4) is 10.8 Å². The van der Waals surface area contributed by atoms with Gasteiger partial charge in [0.05, 0.1) is 22.0 Å². The SMILES string of the molecule is Cc1oc(-c2cccs2)nc1CN(C)S(=O)(=O)c1ccccc1. The number of hydrogen-bond donors (Lipinski definition) is 0. The molecule has 0 saturated heterocycles. The maximum atomic E-state index is 12.6. The second kappa shape index (κ2) is 6.27. The van der Waals surface area contributed by atoms with Gasteiger partial charge in [-0.2, -0.15) is 4.31 Å². The first-order valence-electron chi connectivity index (χ1n) is 7.00. The Morgan fingerprint density at radius 2 is 1.91 bits per heavy atom. The molecule has 3 aromatic rings. The minimum absolute atomic E-state index is 0.165. The molecule has 7 heteroatoms. The van der Waals surface area contributed by atoms with E-state index in [-0.39, 0.29) is 11.4 Å². The number of hydrogen-bond acceptors (Lipinski definition) is 5. The third kappa shape index (κ3) is 3.21. The lowest BCUT2D eigenvalue weighted by molar-refractivity contribution is 0.457. The summed E-state index contributed by atoms with van der Waals surface area (Å²) in [5.74, 6) is 1.15. The van der Waals surface area contributed by atoms with Crippen LogP contribution in [0, 0.1) is 6.92 Å². The molecule has 0 aliphatic carbocycles. The van der Waals surface area contributed by atoms with Crippen LogP contribution in [0.3, 0.4) is 0 Å². The fourth-order valence-corrected chi connectivity index (χ4v) is 3.95. The smallest absolute Gasteiger partial charge is 0.243 e. The zero-order valence-corrected chi connectivity index (χ0v) is 14.4. The molecule has 0 fully saturated rings. The fraction of sp³-hybridized carbons (Fsp3) is 0.188. The minimum atomic E-state index is -3.54. The normalized spacial score (nSPS) is 12.0. The second-order valence-corrected chi connectivity index (χ2v) is 8.07. The summed E-state index contributed by atoms with van der Waals surface area (Å²) < 4.78 is 32.0. The zero-order valence-electron chi connectivity index (χ0n) is 12.8. The molecule has 1 aromatic carbocycles. The molecule has 0 aliphatic heterocycles. The second-order valence-electron chi connectivity index (χ2n) is 5.07. The van der Waals surface area contributed by atoms with E-state index in [4.69, 9.17) is 4.42 Å². The average molecular weight is 348 g/mol. The van der Waals surface area contributed by atoms with Crippen molar-refractivity contribution in [2.45, 2.75) is 18.4 Å². The van der Waals surface area contributed by atoms with E-state index < -0.39 is 10.0 Å². The number of oxazole rings is 1. The zero-order chi connectivity index (χ0) is 16.4. The van der Waals surface area contributed by atoms with Gasteiger partial charge >= 0.3 is 0 Å². The number of aromatic nitrogens is 1. The summed E-state index contributed by atoms with van der Waals surface area (Å²) in [6, 6.07) is 12.2. The number of benzene rings is 1. The number of sulfonamides is 1. The Labute approximate surface area is 139 Å². The first kappa shape index (κ1) is 15.9. The van der Waals surface area contributed by atoms with E-state index in [1.165, 1.54) is 15.6 Å². The molecule has 2 heterocycles. The third-order valence-electron chi connectivity index (χ3n) is 3.45. The summed E-state index contributed by atoms with van der Waals surface area (Å²) in [6.07, 6.45) is 0. The lowest BCUT2D eigenvalue weighted by Crippen LogP contribution is -2.26. The summed E-state index contributed by atoms with van der Waals surface area (Å²) in [5, 5.41) is 1.94.